The van der Waals surface area contributed by atoms with Crippen LogP contribution >= 0.6 is 11.6 Å². The second-order valence-electron chi connectivity index (χ2n) is 12.7. The number of methoxy groups -OCH3 is 1. The zero-order valence-corrected chi connectivity index (χ0v) is 27.8. The molecule has 1 fully saturated rings. The normalized spacial score (nSPS) is 19.4. The molecule has 9 heteroatoms. The van der Waals surface area contributed by atoms with E-state index in [1.807, 2.05) is 67.3 Å². The third kappa shape index (κ3) is 7.61. The number of aliphatic hydroxyl groups excluding tert-OH is 1. The lowest BCUT2D eigenvalue weighted by Crippen LogP contribution is -2.41. The van der Waals surface area contributed by atoms with Gasteiger partial charge in [0.05, 0.1) is 32.2 Å². The highest BCUT2D eigenvalue weighted by Crippen LogP contribution is 2.44. The van der Waals surface area contributed by atoms with E-state index in [0.717, 1.165) is 60.3 Å². The van der Waals surface area contributed by atoms with Gasteiger partial charge >= 0.3 is 0 Å². The molecule has 0 spiro atoms. The van der Waals surface area contributed by atoms with Crippen molar-refractivity contribution in [2.45, 2.75) is 58.1 Å². The fourth-order valence-electron chi connectivity index (χ4n) is 6.63. The van der Waals surface area contributed by atoms with Crippen molar-refractivity contribution >= 4 is 34.8 Å². The predicted molar refractivity (Wildman–Crippen MR) is 183 cm³/mol. The van der Waals surface area contributed by atoms with E-state index in [2.05, 4.69) is 36.0 Å². The van der Waals surface area contributed by atoms with Crippen molar-refractivity contribution in [3.8, 4) is 11.5 Å². The molecule has 0 bridgehead atoms. The summed E-state index contributed by atoms with van der Waals surface area (Å²) >= 11 is 6.27. The predicted octanol–water partition coefficient (Wildman–Crippen LogP) is 7.25. The van der Waals surface area contributed by atoms with Crippen LogP contribution in [-0.2, 0) is 16.0 Å². The highest BCUT2D eigenvalue weighted by molar-refractivity contribution is 6.30. The summed E-state index contributed by atoms with van der Waals surface area (Å²) in [5.74, 6) is 1.68. The van der Waals surface area contributed by atoms with Gasteiger partial charge in [0.25, 0.3) is 0 Å². The quantitative estimate of drug-likeness (QED) is 0.214. The van der Waals surface area contributed by atoms with E-state index in [-0.39, 0.29) is 48.6 Å². The van der Waals surface area contributed by atoms with E-state index in [1.54, 1.807) is 7.11 Å². The van der Waals surface area contributed by atoms with E-state index < -0.39 is 0 Å². The second-order valence-corrected chi connectivity index (χ2v) is 13.1. The first-order chi connectivity index (χ1) is 22.0. The van der Waals surface area contributed by atoms with Crippen LogP contribution in [0.25, 0.3) is 0 Å². The number of nitrogens with zero attached hydrogens (tertiary/aromatic N) is 2. The Labute approximate surface area is 276 Å². The van der Waals surface area contributed by atoms with Crippen molar-refractivity contribution in [2.24, 2.45) is 11.8 Å². The zero-order valence-electron chi connectivity index (χ0n) is 27.1. The number of rotatable bonds is 11. The summed E-state index contributed by atoms with van der Waals surface area (Å²) < 4.78 is 11.8. The molecule has 2 N–H and O–H groups in total. The third-order valence-corrected chi connectivity index (χ3v) is 9.17. The molecule has 1 aliphatic heterocycles. The summed E-state index contributed by atoms with van der Waals surface area (Å²) in [4.78, 5) is 30.4. The summed E-state index contributed by atoms with van der Waals surface area (Å²) in [6.45, 7) is 8.37. The number of nitrogens with one attached hydrogen (secondary N) is 1. The number of fused-ring (bicyclic) bond motifs is 1. The molecule has 5 rings (SSSR count). The Morgan fingerprint density at radius 1 is 1.07 bits per heavy atom. The lowest BCUT2D eigenvalue weighted by Gasteiger charge is -2.38. The van der Waals surface area contributed by atoms with Gasteiger partial charge in [0.15, 0.2) is 11.5 Å². The first kappa shape index (κ1) is 33.2. The molecule has 1 saturated carbocycles. The summed E-state index contributed by atoms with van der Waals surface area (Å²) in [7, 11) is 3.70. The number of ether oxygens (including phenoxy) is 2. The molecule has 46 heavy (non-hydrogen) atoms. The minimum atomic E-state index is -0.375. The molecule has 8 nitrogen and oxygen atoms in total. The van der Waals surface area contributed by atoms with Crippen LogP contribution < -0.4 is 24.6 Å². The lowest BCUT2D eigenvalue weighted by atomic mass is 9.81. The van der Waals surface area contributed by atoms with Gasteiger partial charge in [-0.3, -0.25) is 9.59 Å². The van der Waals surface area contributed by atoms with Crippen LogP contribution in [-0.4, -0.2) is 50.3 Å². The number of halogens is 1. The van der Waals surface area contributed by atoms with Gasteiger partial charge in [-0.1, -0.05) is 30.3 Å². The van der Waals surface area contributed by atoms with Crippen LogP contribution in [0.5, 0.6) is 11.5 Å². The van der Waals surface area contributed by atoms with Gasteiger partial charge < -0.3 is 29.7 Å². The molecule has 0 saturated heterocycles. The third-order valence-electron chi connectivity index (χ3n) is 8.92. The smallest absolute Gasteiger partial charge is 0.232 e. The fraction of sp³-hybridized carbons (Fsp3) is 0.405. The topological polar surface area (TPSA) is 91.3 Å². The Morgan fingerprint density at radius 3 is 2.35 bits per heavy atom. The maximum Gasteiger partial charge on any atom is 0.232 e. The van der Waals surface area contributed by atoms with Crippen LogP contribution in [0.2, 0.25) is 5.02 Å². The van der Waals surface area contributed by atoms with Gasteiger partial charge in [-0.2, -0.15) is 0 Å². The maximum absolute atomic E-state index is 13.9. The van der Waals surface area contributed by atoms with Crippen LogP contribution in [0.15, 0.2) is 73.0 Å². The Bertz CT molecular complexity index is 1550. The number of aliphatic hydroxyl groups is 1. The van der Waals surface area contributed by atoms with E-state index in [9.17, 15) is 14.7 Å². The molecule has 3 aromatic carbocycles. The second kappa shape index (κ2) is 14.5. The first-order valence-corrected chi connectivity index (χ1v) is 16.3. The molecular weight excluding hydrogens is 602 g/mol. The van der Waals surface area contributed by atoms with E-state index in [1.165, 1.54) is 0 Å². The molecule has 0 unspecified atom stereocenters. The average Bonchev–Trinajstić information content (AvgIpc) is 3.03. The lowest BCUT2D eigenvalue weighted by molar-refractivity contribution is -0.126. The van der Waals surface area contributed by atoms with Crippen molar-refractivity contribution in [2.75, 3.05) is 37.0 Å². The Kier molecular flexibility index (Phi) is 10.5. The van der Waals surface area contributed by atoms with Crippen LogP contribution in [0.4, 0.5) is 11.4 Å². The number of hydrogen-bond donors (Lipinski definition) is 2. The van der Waals surface area contributed by atoms with Gasteiger partial charge in [0, 0.05) is 35.9 Å². The van der Waals surface area contributed by atoms with Gasteiger partial charge in [0.1, 0.15) is 5.76 Å². The average molecular weight is 646 g/mol. The highest BCUT2D eigenvalue weighted by Gasteiger charge is 2.36. The molecule has 3 aromatic rings. The van der Waals surface area contributed by atoms with Crippen molar-refractivity contribution < 1.29 is 24.2 Å². The standard InChI is InChI=1S/C37H44ClN3O5/c1-23(2)46-34-20-32-28(18-33(34)45-5)19-35(43)41(36(32)26-10-12-29(38)13-11-26)31-16-14-30(15-17-31)40(4)22-25-6-8-27(9-7-25)37(44)39-21-24(3)42/h10-18,20,23,25,27,36,42H,3,6-9,19,21-22H2,1-2,4-5H3,(H,39,44)/t25-,27-,36-/m0/s1. The Hall–Kier alpha value is -4.17. The summed E-state index contributed by atoms with van der Waals surface area (Å²) in [5.41, 5.74) is 4.73. The molecule has 2 aliphatic rings. The Morgan fingerprint density at radius 2 is 1.74 bits per heavy atom. The van der Waals surface area contributed by atoms with E-state index in [4.69, 9.17) is 21.1 Å². The first-order valence-electron chi connectivity index (χ1n) is 15.9. The zero-order chi connectivity index (χ0) is 33.0. The summed E-state index contributed by atoms with van der Waals surface area (Å²) in [6.07, 6.45) is 3.81. The molecule has 0 aromatic heterocycles. The van der Waals surface area contributed by atoms with Crippen molar-refractivity contribution in [3.63, 3.8) is 0 Å². The number of benzene rings is 3. The van der Waals surface area contributed by atoms with Gasteiger partial charge in [-0.05, 0) is 111 Å². The van der Waals surface area contributed by atoms with Crippen LogP contribution in [0.1, 0.15) is 62.3 Å². The van der Waals surface area contributed by atoms with E-state index in [0.29, 0.717) is 22.4 Å². The van der Waals surface area contributed by atoms with Gasteiger partial charge in [-0.15, -0.1) is 0 Å². The molecule has 0 radical (unpaired) electrons. The SMILES string of the molecule is C=C(O)CNC(=O)[C@H]1CC[C@H](CN(C)c2ccc(N3C(=O)Cc4cc(OC)c(OC(C)C)cc4[C@@H]3c3ccc(Cl)cc3)cc2)CC1. The maximum atomic E-state index is 13.9. The summed E-state index contributed by atoms with van der Waals surface area (Å²) in [5, 5.41) is 12.7. The minimum Gasteiger partial charge on any atom is -0.511 e. The fourth-order valence-corrected chi connectivity index (χ4v) is 6.76. The number of carbonyl (C=O) groups excluding carboxylic acids is 2. The van der Waals surface area contributed by atoms with Crippen LogP contribution in [0.3, 0.4) is 0 Å². The van der Waals surface area contributed by atoms with Gasteiger partial charge in [0.2, 0.25) is 11.8 Å². The molecule has 1 heterocycles. The molecule has 1 atom stereocenters. The van der Waals surface area contributed by atoms with Crippen molar-refractivity contribution in [1.82, 2.24) is 5.32 Å². The van der Waals surface area contributed by atoms with Crippen LogP contribution in [0, 0.1) is 11.8 Å². The molecule has 244 valence electrons. The monoisotopic (exact) mass is 645 g/mol. The number of amides is 2. The van der Waals surface area contributed by atoms with Crippen molar-refractivity contribution in [3.05, 3.63) is 94.7 Å². The molecule has 2 amide bonds. The van der Waals surface area contributed by atoms with E-state index >= 15 is 0 Å². The molecular formula is C37H44ClN3O5. The number of anilines is 2. The minimum absolute atomic E-state index is 0.00256. The Balaban J connectivity index is 1.35. The van der Waals surface area contributed by atoms with Crippen molar-refractivity contribution in [1.29, 1.82) is 0 Å². The molecule has 1 aliphatic carbocycles. The number of carbonyl (C=O) groups is 2. The summed E-state index contributed by atoms with van der Waals surface area (Å²) in [6, 6.07) is 19.4. The largest absolute Gasteiger partial charge is 0.511 e. The van der Waals surface area contributed by atoms with Gasteiger partial charge in [-0.25, -0.2) is 0 Å². The number of hydrogen-bond acceptors (Lipinski definition) is 6. The highest BCUT2D eigenvalue weighted by atomic mass is 35.5.